The number of aliphatic hydroxyl groups is 1. The molecule has 1 N–H and O–H groups in total. The maximum atomic E-state index is 11.1. The second kappa shape index (κ2) is 3.99. The first-order chi connectivity index (χ1) is 3.27. The molecule has 0 saturated carbocycles. The van der Waals surface area contributed by atoms with Gasteiger partial charge in [0.05, 0.1) is 0 Å². The molecule has 3 heteroatoms. The summed E-state index contributed by atoms with van der Waals surface area (Å²) in [6.07, 6.45) is -2.24. The minimum absolute atomic E-state index is 0.135. The van der Waals surface area contributed by atoms with Gasteiger partial charge in [0.25, 0.3) is 0 Å². The normalized spacial score (nSPS) is 10.3. The number of hydrogen-bond acceptors (Lipinski definition) is 1. The highest BCUT2D eigenvalue weighted by atomic mass is 19.3. The van der Waals surface area contributed by atoms with Crippen molar-refractivity contribution < 1.29 is 13.9 Å². The van der Waals surface area contributed by atoms with Crippen LogP contribution < -0.4 is 0 Å². The summed E-state index contributed by atoms with van der Waals surface area (Å²) in [6.45, 7) is -0.135. The Bertz CT molecular complexity index is 38.7. The van der Waals surface area contributed by atoms with E-state index >= 15 is 0 Å². The number of rotatable bonds is 3. The van der Waals surface area contributed by atoms with Crippen LogP contribution in [0.4, 0.5) is 8.78 Å². The van der Waals surface area contributed by atoms with Crippen molar-refractivity contribution in [2.24, 2.45) is 0 Å². The summed E-state index contributed by atoms with van der Waals surface area (Å²) >= 11 is 0. The van der Waals surface area contributed by atoms with E-state index in [-0.39, 0.29) is 19.4 Å². The molecule has 0 aliphatic heterocycles. The summed E-state index contributed by atoms with van der Waals surface area (Å²) in [7, 11) is 0. The molecule has 0 rings (SSSR count). The van der Waals surface area contributed by atoms with Crippen LogP contribution in [0.25, 0.3) is 0 Å². The molecule has 0 saturated heterocycles. The first kappa shape index (κ1) is 6.82. The van der Waals surface area contributed by atoms with E-state index in [4.69, 9.17) is 5.11 Å². The first-order valence-electron chi connectivity index (χ1n) is 2.16. The smallest absolute Gasteiger partial charge is 0.238 e. The molecule has 0 radical (unpaired) electrons. The Morgan fingerprint density at radius 2 is 2.00 bits per heavy atom. The predicted octanol–water partition coefficient (Wildman–Crippen LogP) is 1.02. The summed E-state index contributed by atoms with van der Waals surface area (Å²) in [6, 6.07) is 0. The monoisotopic (exact) mass is 110 g/mol. The fraction of sp³-hybridized carbons (Fsp3) is 1.00. The van der Waals surface area contributed by atoms with Crippen molar-refractivity contribution in [2.45, 2.75) is 19.3 Å². The van der Waals surface area contributed by atoms with Crippen molar-refractivity contribution in [2.75, 3.05) is 6.61 Å². The van der Waals surface area contributed by atoms with Crippen LogP contribution in [-0.2, 0) is 0 Å². The van der Waals surface area contributed by atoms with Crippen LogP contribution in [-0.4, -0.2) is 18.1 Å². The van der Waals surface area contributed by atoms with Gasteiger partial charge in [0.1, 0.15) is 0 Å². The maximum absolute atomic E-state index is 11.1. The summed E-state index contributed by atoms with van der Waals surface area (Å²) in [5.74, 6) is 0. The van der Waals surface area contributed by atoms with E-state index < -0.39 is 6.43 Å². The summed E-state index contributed by atoms with van der Waals surface area (Å²) in [5, 5.41) is 7.98. The fourth-order valence-corrected chi connectivity index (χ4v) is 0.246. The molecule has 0 spiro atoms. The maximum Gasteiger partial charge on any atom is 0.238 e. The molecule has 7 heavy (non-hydrogen) atoms. The topological polar surface area (TPSA) is 20.2 Å². The molecule has 0 unspecified atom stereocenters. The average molecular weight is 110 g/mol. The quantitative estimate of drug-likeness (QED) is 0.575. The summed E-state index contributed by atoms with van der Waals surface area (Å²) in [5.41, 5.74) is 0. The number of hydrogen-bond donors (Lipinski definition) is 1. The molecule has 0 heterocycles. The van der Waals surface area contributed by atoms with E-state index in [0.717, 1.165) is 0 Å². The van der Waals surface area contributed by atoms with Crippen LogP contribution in [0.5, 0.6) is 0 Å². The van der Waals surface area contributed by atoms with Crippen LogP contribution in [0.2, 0.25) is 0 Å². The highest BCUT2D eigenvalue weighted by Crippen LogP contribution is 2.00. The Hall–Kier alpha value is -0.180. The highest BCUT2D eigenvalue weighted by Gasteiger charge is 1.98. The number of halogens is 2. The van der Waals surface area contributed by atoms with E-state index in [1.54, 1.807) is 0 Å². The Morgan fingerprint density at radius 1 is 1.43 bits per heavy atom. The van der Waals surface area contributed by atoms with E-state index in [1.807, 2.05) is 0 Å². The van der Waals surface area contributed by atoms with Crippen molar-refractivity contribution in [3.63, 3.8) is 0 Å². The first-order valence-corrected chi connectivity index (χ1v) is 2.16. The molecule has 0 atom stereocenters. The summed E-state index contributed by atoms with van der Waals surface area (Å²) < 4.78 is 22.2. The van der Waals surface area contributed by atoms with Crippen molar-refractivity contribution in [1.82, 2.24) is 0 Å². The van der Waals surface area contributed by atoms with Gasteiger partial charge < -0.3 is 5.11 Å². The second-order valence-electron chi connectivity index (χ2n) is 1.26. The molecule has 1 nitrogen and oxygen atoms in total. The van der Waals surface area contributed by atoms with Gasteiger partial charge in [-0.1, -0.05) is 0 Å². The third-order valence-electron chi connectivity index (χ3n) is 0.580. The third kappa shape index (κ3) is 5.82. The van der Waals surface area contributed by atoms with Gasteiger partial charge >= 0.3 is 0 Å². The molecule has 0 amide bonds. The van der Waals surface area contributed by atoms with Gasteiger partial charge in [-0.25, -0.2) is 8.78 Å². The van der Waals surface area contributed by atoms with Crippen molar-refractivity contribution in [3.8, 4) is 0 Å². The zero-order valence-electron chi connectivity index (χ0n) is 3.90. The largest absolute Gasteiger partial charge is 0.396 e. The van der Waals surface area contributed by atoms with Crippen molar-refractivity contribution >= 4 is 0 Å². The van der Waals surface area contributed by atoms with Crippen LogP contribution >= 0.6 is 0 Å². The second-order valence-corrected chi connectivity index (χ2v) is 1.26. The Morgan fingerprint density at radius 3 is 2.14 bits per heavy atom. The van der Waals surface area contributed by atoms with Crippen LogP contribution in [0.3, 0.4) is 0 Å². The standard InChI is InChI=1S/C4H8F2O/c5-4(6)2-1-3-7/h4,7H,1-3H2. The van der Waals surface area contributed by atoms with E-state index in [0.29, 0.717) is 0 Å². The molecule has 0 aromatic carbocycles. The molecule has 0 aromatic rings. The molecule has 44 valence electrons. The fourth-order valence-electron chi connectivity index (χ4n) is 0.246. The van der Waals surface area contributed by atoms with Crippen molar-refractivity contribution in [3.05, 3.63) is 0 Å². The van der Waals surface area contributed by atoms with Gasteiger partial charge in [-0.05, 0) is 6.42 Å². The zero-order valence-corrected chi connectivity index (χ0v) is 3.90. The van der Waals surface area contributed by atoms with E-state index in [2.05, 4.69) is 0 Å². The minimum Gasteiger partial charge on any atom is -0.396 e. The predicted molar refractivity (Wildman–Crippen MR) is 22.3 cm³/mol. The lowest BCUT2D eigenvalue weighted by molar-refractivity contribution is 0.124. The molecule has 0 aliphatic carbocycles. The highest BCUT2D eigenvalue weighted by molar-refractivity contribution is 4.37. The van der Waals surface area contributed by atoms with E-state index in [1.165, 1.54) is 0 Å². The molecular formula is C4H8F2O. The lowest BCUT2D eigenvalue weighted by Crippen LogP contribution is -1.91. The molecular weight excluding hydrogens is 102 g/mol. The van der Waals surface area contributed by atoms with E-state index in [9.17, 15) is 8.78 Å². The molecule has 0 bridgehead atoms. The van der Waals surface area contributed by atoms with Crippen molar-refractivity contribution in [1.29, 1.82) is 0 Å². The average Bonchev–Trinajstić information content (AvgIpc) is 1.61. The van der Waals surface area contributed by atoms with Gasteiger partial charge in [-0.15, -0.1) is 0 Å². The Labute approximate surface area is 41.0 Å². The van der Waals surface area contributed by atoms with Gasteiger partial charge in [-0.2, -0.15) is 0 Å². The number of alkyl halides is 2. The SMILES string of the molecule is OCCCC(F)F. The summed E-state index contributed by atoms with van der Waals surface area (Å²) in [4.78, 5) is 0. The van der Waals surface area contributed by atoms with Gasteiger partial charge in [0, 0.05) is 13.0 Å². The number of aliphatic hydroxyl groups excluding tert-OH is 1. The minimum atomic E-state index is -2.26. The van der Waals surface area contributed by atoms with Crippen LogP contribution in [0.15, 0.2) is 0 Å². The molecule has 0 aliphatic rings. The molecule has 0 aromatic heterocycles. The lowest BCUT2D eigenvalue weighted by atomic mass is 10.3. The van der Waals surface area contributed by atoms with Crippen LogP contribution in [0.1, 0.15) is 12.8 Å². The third-order valence-corrected chi connectivity index (χ3v) is 0.580. The lowest BCUT2D eigenvalue weighted by Gasteiger charge is -1.91. The van der Waals surface area contributed by atoms with Gasteiger partial charge in [0.2, 0.25) is 6.43 Å². The zero-order chi connectivity index (χ0) is 5.70. The van der Waals surface area contributed by atoms with Gasteiger partial charge in [0.15, 0.2) is 0 Å². The Kier molecular flexibility index (Phi) is 3.89. The Balaban J connectivity index is 2.68. The van der Waals surface area contributed by atoms with Gasteiger partial charge in [-0.3, -0.25) is 0 Å². The molecule has 0 fully saturated rings. The van der Waals surface area contributed by atoms with Crippen LogP contribution in [0, 0.1) is 0 Å².